The Morgan fingerprint density at radius 3 is 2.31 bits per heavy atom. The standard InChI is InChI=1S/C26H16ClN3O3S2/c27-18-12-15-23-22(16-18)29-26(33-23)30(19-6-2-1-3-7-19)35(31,32)20-13-10-17(11-14-20)25-28-21-8-4-5-9-24(21)34-25/h1-16H. The van der Waals surface area contributed by atoms with Gasteiger partial charge < -0.3 is 4.42 Å². The summed E-state index contributed by atoms with van der Waals surface area (Å²) in [5.74, 6) is 0. The maximum absolute atomic E-state index is 13.9. The van der Waals surface area contributed by atoms with Gasteiger partial charge in [-0.05, 0) is 54.6 Å². The third kappa shape index (κ3) is 3.95. The number of benzene rings is 4. The molecule has 9 heteroatoms. The summed E-state index contributed by atoms with van der Waals surface area (Å²) in [4.78, 5) is 9.18. The molecule has 6 rings (SSSR count). The van der Waals surface area contributed by atoms with Crippen LogP contribution in [-0.4, -0.2) is 18.4 Å². The zero-order valence-electron chi connectivity index (χ0n) is 18.0. The predicted octanol–water partition coefficient (Wildman–Crippen LogP) is 7.28. The van der Waals surface area contributed by atoms with Crippen molar-refractivity contribution in [1.29, 1.82) is 0 Å². The highest BCUT2D eigenvalue weighted by molar-refractivity contribution is 7.93. The van der Waals surface area contributed by atoms with Gasteiger partial charge in [-0.3, -0.25) is 0 Å². The van der Waals surface area contributed by atoms with Gasteiger partial charge in [0.15, 0.2) is 5.58 Å². The third-order valence-electron chi connectivity index (χ3n) is 5.44. The van der Waals surface area contributed by atoms with Crippen molar-refractivity contribution in [3.05, 3.63) is 102 Å². The van der Waals surface area contributed by atoms with E-state index in [-0.39, 0.29) is 10.9 Å². The van der Waals surface area contributed by atoms with E-state index >= 15 is 0 Å². The van der Waals surface area contributed by atoms with Crippen LogP contribution >= 0.6 is 22.9 Å². The van der Waals surface area contributed by atoms with Crippen LogP contribution in [0.15, 0.2) is 106 Å². The minimum atomic E-state index is -4.06. The van der Waals surface area contributed by atoms with E-state index in [0.717, 1.165) is 25.1 Å². The fraction of sp³-hybridized carbons (Fsp3) is 0. The van der Waals surface area contributed by atoms with Gasteiger partial charge in [0.2, 0.25) is 0 Å². The van der Waals surface area contributed by atoms with E-state index in [0.29, 0.717) is 21.8 Å². The quantitative estimate of drug-likeness (QED) is 0.240. The molecule has 0 radical (unpaired) electrons. The molecule has 0 spiro atoms. The summed E-state index contributed by atoms with van der Waals surface area (Å²) in [5, 5.41) is 1.31. The van der Waals surface area contributed by atoms with Crippen LogP contribution in [-0.2, 0) is 10.0 Å². The van der Waals surface area contributed by atoms with E-state index in [9.17, 15) is 8.42 Å². The molecule has 0 bridgehead atoms. The fourth-order valence-electron chi connectivity index (χ4n) is 3.76. The van der Waals surface area contributed by atoms with Gasteiger partial charge in [-0.1, -0.05) is 54.1 Å². The molecule has 0 aliphatic heterocycles. The zero-order valence-corrected chi connectivity index (χ0v) is 20.4. The van der Waals surface area contributed by atoms with Crippen molar-refractivity contribution in [3.63, 3.8) is 0 Å². The van der Waals surface area contributed by atoms with Crippen molar-refractivity contribution in [2.24, 2.45) is 0 Å². The molecule has 0 N–H and O–H groups in total. The summed E-state index contributed by atoms with van der Waals surface area (Å²) >= 11 is 7.64. The minimum absolute atomic E-state index is 0.0660. The van der Waals surface area contributed by atoms with Crippen LogP contribution in [0.4, 0.5) is 11.7 Å². The van der Waals surface area contributed by atoms with Crippen molar-refractivity contribution in [3.8, 4) is 10.6 Å². The lowest BCUT2D eigenvalue weighted by Crippen LogP contribution is -2.26. The molecule has 6 nitrogen and oxygen atoms in total. The van der Waals surface area contributed by atoms with Crippen molar-refractivity contribution in [1.82, 2.24) is 9.97 Å². The number of oxazole rings is 1. The molecule has 0 saturated heterocycles. The van der Waals surface area contributed by atoms with Gasteiger partial charge in [-0.25, -0.2) is 13.4 Å². The number of nitrogens with zero attached hydrogens (tertiary/aromatic N) is 3. The summed E-state index contributed by atoms with van der Waals surface area (Å²) in [5.41, 5.74) is 3.06. The van der Waals surface area contributed by atoms with Crippen LogP contribution in [0.3, 0.4) is 0 Å². The van der Waals surface area contributed by atoms with Gasteiger partial charge in [0, 0.05) is 10.6 Å². The number of anilines is 2. The lowest BCUT2D eigenvalue weighted by atomic mass is 10.2. The summed E-state index contributed by atoms with van der Waals surface area (Å²) in [6, 6.07) is 28.2. The number of hydrogen-bond donors (Lipinski definition) is 0. The average molecular weight is 518 g/mol. The van der Waals surface area contributed by atoms with Gasteiger partial charge in [-0.15, -0.1) is 11.3 Å². The molecule has 0 atom stereocenters. The van der Waals surface area contributed by atoms with Crippen LogP contribution < -0.4 is 4.31 Å². The number of hydrogen-bond acceptors (Lipinski definition) is 6. The number of halogens is 1. The van der Waals surface area contributed by atoms with E-state index in [2.05, 4.69) is 9.97 Å². The summed E-state index contributed by atoms with van der Waals surface area (Å²) < 4.78 is 35.7. The first kappa shape index (κ1) is 21.8. The highest BCUT2D eigenvalue weighted by Gasteiger charge is 2.31. The Morgan fingerprint density at radius 2 is 1.54 bits per heavy atom. The Bertz CT molecular complexity index is 1750. The highest BCUT2D eigenvalue weighted by atomic mass is 35.5. The Labute approximate surface area is 210 Å². The molecule has 2 aromatic heterocycles. The topological polar surface area (TPSA) is 76.3 Å². The van der Waals surface area contributed by atoms with Crippen LogP contribution in [0, 0.1) is 0 Å². The number of thiazole rings is 1. The van der Waals surface area contributed by atoms with Gasteiger partial charge in [0.25, 0.3) is 10.0 Å². The fourth-order valence-corrected chi connectivity index (χ4v) is 6.27. The molecular formula is C26H16ClN3O3S2. The van der Waals surface area contributed by atoms with Gasteiger partial charge >= 0.3 is 6.01 Å². The second-order valence-corrected chi connectivity index (χ2v) is 11.0. The van der Waals surface area contributed by atoms with E-state index in [4.69, 9.17) is 16.0 Å². The first-order chi connectivity index (χ1) is 17.0. The molecule has 35 heavy (non-hydrogen) atoms. The Morgan fingerprint density at radius 1 is 0.800 bits per heavy atom. The maximum Gasteiger partial charge on any atom is 0.317 e. The molecule has 6 aromatic rings. The number of para-hydroxylation sites is 2. The molecule has 0 aliphatic rings. The van der Waals surface area contributed by atoms with Crippen LogP contribution in [0.2, 0.25) is 5.02 Å². The molecule has 0 saturated carbocycles. The number of rotatable bonds is 5. The predicted molar refractivity (Wildman–Crippen MR) is 140 cm³/mol. The first-order valence-corrected chi connectivity index (χ1v) is 13.2. The Hall–Kier alpha value is -3.72. The molecule has 4 aromatic carbocycles. The second kappa shape index (κ2) is 8.49. The van der Waals surface area contributed by atoms with Crippen molar-refractivity contribution < 1.29 is 12.8 Å². The smallest absolute Gasteiger partial charge is 0.317 e. The molecule has 0 amide bonds. The minimum Gasteiger partial charge on any atom is -0.422 e. The summed E-state index contributed by atoms with van der Waals surface area (Å²) in [6.45, 7) is 0. The van der Waals surface area contributed by atoms with Crippen molar-refractivity contribution >= 4 is 66.0 Å². The molecule has 172 valence electrons. The van der Waals surface area contributed by atoms with Crippen LogP contribution in [0.5, 0.6) is 0 Å². The SMILES string of the molecule is O=S(=O)(c1ccc(-c2nc3ccccc3s2)cc1)N(c1ccccc1)c1nc2cc(Cl)ccc2o1. The van der Waals surface area contributed by atoms with E-state index in [1.165, 1.54) is 0 Å². The lowest BCUT2D eigenvalue weighted by Gasteiger charge is -2.20. The monoisotopic (exact) mass is 517 g/mol. The lowest BCUT2D eigenvalue weighted by molar-refractivity contribution is 0.578. The van der Waals surface area contributed by atoms with Crippen molar-refractivity contribution in [2.45, 2.75) is 4.90 Å². The maximum atomic E-state index is 13.9. The molecular weight excluding hydrogens is 502 g/mol. The van der Waals surface area contributed by atoms with Crippen molar-refractivity contribution in [2.75, 3.05) is 4.31 Å². The number of sulfonamides is 1. The van der Waals surface area contributed by atoms with Gasteiger partial charge in [-0.2, -0.15) is 9.29 Å². The number of aromatic nitrogens is 2. The second-order valence-electron chi connectivity index (χ2n) is 7.72. The molecule has 0 aliphatic carbocycles. The zero-order chi connectivity index (χ0) is 24.0. The summed E-state index contributed by atoms with van der Waals surface area (Å²) in [6.07, 6.45) is 0. The van der Waals surface area contributed by atoms with Crippen LogP contribution in [0.25, 0.3) is 31.9 Å². The average Bonchev–Trinajstić information content (AvgIpc) is 3.48. The van der Waals surface area contributed by atoms with Crippen LogP contribution in [0.1, 0.15) is 0 Å². The molecule has 2 heterocycles. The highest BCUT2D eigenvalue weighted by Crippen LogP contribution is 2.36. The van der Waals surface area contributed by atoms with Gasteiger partial charge in [0.05, 0.1) is 20.8 Å². The van der Waals surface area contributed by atoms with E-state index in [1.54, 1.807) is 78.1 Å². The Kier molecular flexibility index (Phi) is 5.29. The summed E-state index contributed by atoms with van der Waals surface area (Å²) in [7, 11) is -4.06. The van der Waals surface area contributed by atoms with E-state index < -0.39 is 10.0 Å². The molecule has 0 unspecified atom stereocenters. The third-order valence-corrected chi connectivity index (χ3v) is 8.47. The number of fused-ring (bicyclic) bond motifs is 2. The largest absolute Gasteiger partial charge is 0.422 e. The molecule has 0 fully saturated rings. The van der Waals surface area contributed by atoms with E-state index in [1.807, 2.05) is 30.3 Å². The Balaban J connectivity index is 1.43. The first-order valence-electron chi connectivity index (χ1n) is 10.6. The van der Waals surface area contributed by atoms with Gasteiger partial charge in [0.1, 0.15) is 10.5 Å². The normalized spacial score (nSPS) is 11.8.